The van der Waals surface area contributed by atoms with Gasteiger partial charge in [0, 0.05) is 5.69 Å². The number of amidine groups is 1. The second-order valence-corrected chi connectivity index (χ2v) is 4.07. The maximum Gasteiger partial charge on any atom is 0.389 e. The molecule has 0 aliphatic carbocycles. The molecular weight excluding hydrogens is 223 g/mol. The smallest absolute Gasteiger partial charge is 0.389 e. The Morgan fingerprint density at radius 1 is 1.47 bits per heavy atom. The van der Waals surface area contributed by atoms with E-state index in [0.717, 1.165) is 0 Å². The standard InChI is InChI=1S/C10H12BN2O4/c1-6-12-9-4-7(5-10(14)15)2-3-8(9)11(16,17)13-6/h2-4,16-17H,5H2,1H3,(H,12,13)(H,14,15)/q-1. The number of hydrogen-bond donors (Lipinski definition) is 4. The van der Waals surface area contributed by atoms with Gasteiger partial charge in [0.25, 0.3) is 0 Å². The van der Waals surface area contributed by atoms with Crippen LogP contribution in [0.1, 0.15) is 12.5 Å². The molecule has 0 bridgehead atoms. The number of nitrogens with zero attached hydrogens (tertiary/aromatic N) is 1. The minimum Gasteiger partial charge on any atom is -0.560 e. The third-order valence-corrected chi connectivity index (χ3v) is 2.58. The van der Waals surface area contributed by atoms with Gasteiger partial charge in [-0.3, -0.25) is 4.79 Å². The highest BCUT2D eigenvalue weighted by Crippen LogP contribution is 2.17. The van der Waals surface area contributed by atoms with Crippen molar-refractivity contribution in [2.45, 2.75) is 13.3 Å². The fourth-order valence-electron chi connectivity index (χ4n) is 1.90. The van der Waals surface area contributed by atoms with Gasteiger partial charge in [-0.05, 0) is 18.6 Å². The first-order chi connectivity index (χ1) is 7.88. The van der Waals surface area contributed by atoms with Crippen LogP contribution < -0.4 is 10.8 Å². The summed E-state index contributed by atoms with van der Waals surface area (Å²) in [5, 5.41) is 31.1. The van der Waals surface area contributed by atoms with Gasteiger partial charge < -0.3 is 25.4 Å². The number of anilines is 1. The molecule has 1 aromatic carbocycles. The molecule has 0 unspecified atom stereocenters. The minimum atomic E-state index is -2.93. The Labute approximate surface area is 97.6 Å². The Hall–Kier alpha value is -1.86. The lowest BCUT2D eigenvalue weighted by Crippen LogP contribution is -2.52. The molecule has 7 heteroatoms. The van der Waals surface area contributed by atoms with Crippen LogP contribution in [0.15, 0.2) is 23.1 Å². The monoisotopic (exact) mass is 235 g/mol. The molecule has 2 rings (SSSR count). The fourth-order valence-corrected chi connectivity index (χ4v) is 1.90. The second-order valence-electron chi connectivity index (χ2n) is 4.07. The van der Waals surface area contributed by atoms with Gasteiger partial charge in [-0.25, -0.2) is 0 Å². The molecule has 4 N–H and O–H groups in total. The first kappa shape index (κ1) is 11.6. The molecule has 0 atom stereocenters. The van der Waals surface area contributed by atoms with Crippen molar-refractivity contribution in [3.63, 3.8) is 0 Å². The lowest BCUT2D eigenvalue weighted by Gasteiger charge is -2.33. The van der Waals surface area contributed by atoms with Crippen molar-refractivity contribution in [2.75, 3.05) is 5.32 Å². The topological polar surface area (TPSA) is 102 Å². The summed E-state index contributed by atoms with van der Waals surface area (Å²) in [6.07, 6.45) is -0.109. The van der Waals surface area contributed by atoms with E-state index in [1.807, 2.05) is 0 Å². The Balaban J connectivity index is 2.42. The van der Waals surface area contributed by atoms with Crippen molar-refractivity contribution in [3.8, 4) is 0 Å². The van der Waals surface area contributed by atoms with Crippen LogP contribution in [0.3, 0.4) is 0 Å². The van der Waals surface area contributed by atoms with E-state index in [1.54, 1.807) is 19.1 Å². The van der Waals surface area contributed by atoms with Gasteiger partial charge in [-0.1, -0.05) is 12.1 Å². The SMILES string of the molecule is CC1=N[B-](O)(O)c2ccc(CC(=O)O)cc2N1. The van der Waals surface area contributed by atoms with Crippen LogP contribution in [-0.2, 0) is 11.2 Å². The zero-order valence-electron chi connectivity index (χ0n) is 9.21. The van der Waals surface area contributed by atoms with E-state index in [0.29, 0.717) is 17.1 Å². The van der Waals surface area contributed by atoms with Crippen molar-refractivity contribution < 1.29 is 19.9 Å². The van der Waals surface area contributed by atoms with Gasteiger partial charge in [-0.15, -0.1) is 5.46 Å². The number of carboxylic acid groups (broad SMARTS) is 1. The molecule has 0 fully saturated rings. The molecule has 0 spiro atoms. The van der Waals surface area contributed by atoms with Crippen LogP contribution in [0.4, 0.5) is 5.69 Å². The first-order valence-electron chi connectivity index (χ1n) is 5.16. The van der Waals surface area contributed by atoms with Crippen molar-refractivity contribution in [3.05, 3.63) is 23.8 Å². The highest BCUT2D eigenvalue weighted by molar-refractivity contribution is 6.80. The predicted octanol–water partition coefficient (Wildman–Crippen LogP) is -0.712. The summed E-state index contributed by atoms with van der Waals surface area (Å²) >= 11 is 0. The molecule has 0 radical (unpaired) electrons. The Morgan fingerprint density at radius 2 is 2.18 bits per heavy atom. The van der Waals surface area contributed by atoms with Gasteiger partial charge in [0.15, 0.2) is 0 Å². The van der Waals surface area contributed by atoms with E-state index in [4.69, 9.17) is 5.11 Å². The van der Waals surface area contributed by atoms with E-state index in [9.17, 15) is 14.8 Å². The van der Waals surface area contributed by atoms with Crippen LogP contribution in [0.25, 0.3) is 0 Å². The normalized spacial score (nSPS) is 16.8. The van der Waals surface area contributed by atoms with Crippen LogP contribution in [-0.4, -0.2) is 33.6 Å². The Bertz CT molecular complexity index is 513. The summed E-state index contributed by atoms with van der Waals surface area (Å²) in [6, 6.07) is 4.62. The molecule has 0 aromatic heterocycles. The summed E-state index contributed by atoms with van der Waals surface area (Å²) < 4.78 is 0. The average molecular weight is 235 g/mol. The van der Waals surface area contributed by atoms with E-state index >= 15 is 0 Å². The van der Waals surface area contributed by atoms with Gasteiger partial charge in [0.05, 0.1) is 12.3 Å². The summed E-state index contributed by atoms with van der Waals surface area (Å²) in [4.78, 5) is 14.3. The summed E-state index contributed by atoms with van der Waals surface area (Å²) in [7, 11) is 0. The Morgan fingerprint density at radius 3 is 2.82 bits per heavy atom. The number of rotatable bonds is 2. The minimum absolute atomic E-state index is 0.109. The van der Waals surface area contributed by atoms with Gasteiger partial charge in [0.1, 0.15) is 0 Å². The molecular formula is C10H12BN2O4-. The van der Waals surface area contributed by atoms with Crippen LogP contribution in [0, 0.1) is 0 Å². The molecule has 0 amide bonds. The number of carbonyl (C=O) groups is 1. The second kappa shape index (κ2) is 3.87. The number of hydrogen-bond acceptors (Lipinski definition) is 5. The number of fused-ring (bicyclic) bond motifs is 1. The third kappa shape index (κ3) is 2.30. The summed E-state index contributed by atoms with van der Waals surface area (Å²) in [5.74, 6) is -0.550. The predicted molar refractivity (Wildman–Crippen MR) is 64.3 cm³/mol. The van der Waals surface area contributed by atoms with Crippen molar-refractivity contribution in [2.24, 2.45) is 4.90 Å². The van der Waals surface area contributed by atoms with Crippen LogP contribution >= 0.6 is 0 Å². The highest BCUT2D eigenvalue weighted by Gasteiger charge is 2.27. The van der Waals surface area contributed by atoms with E-state index in [-0.39, 0.29) is 11.9 Å². The van der Waals surface area contributed by atoms with E-state index in [1.165, 1.54) is 6.07 Å². The molecule has 0 saturated heterocycles. The van der Waals surface area contributed by atoms with Crippen molar-refractivity contribution in [1.82, 2.24) is 0 Å². The fraction of sp³-hybridized carbons (Fsp3) is 0.200. The Kier molecular flexibility index (Phi) is 2.64. The molecule has 1 heterocycles. The van der Waals surface area contributed by atoms with Crippen molar-refractivity contribution in [1.29, 1.82) is 0 Å². The molecule has 0 saturated carbocycles. The van der Waals surface area contributed by atoms with Gasteiger partial charge in [0.2, 0.25) is 0 Å². The zero-order valence-corrected chi connectivity index (χ0v) is 9.21. The largest absolute Gasteiger partial charge is 0.560 e. The quantitative estimate of drug-likeness (QED) is 0.507. The number of aliphatic carboxylic acids is 1. The number of benzene rings is 1. The summed E-state index contributed by atoms with van der Waals surface area (Å²) in [6.45, 7) is -1.33. The molecule has 90 valence electrons. The zero-order chi connectivity index (χ0) is 12.6. The van der Waals surface area contributed by atoms with E-state index in [2.05, 4.69) is 10.2 Å². The van der Waals surface area contributed by atoms with Crippen LogP contribution in [0.2, 0.25) is 0 Å². The van der Waals surface area contributed by atoms with E-state index < -0.39 is 12.7 Å². The van der Waals surface area contributed by atoms with Crippen molar-refractivity contribution >= 4 is 29.6 Å². The number of carboxylic acids is 1. The highest BCUT2D eigenvalue weighted by atomic mass is 16.4. The molecule has 1 aliphatic rings. The van der Waals surface area contributed by atoms with Gasteiger partial charge in [-0.2, -0.15) is 0 Å². The number of nitrogens with one attached hydrogen (secondary N) is 1. The first-order valence-corrected chi connectivity index (χ1v) is 5.16. The maximum atomic E-state index is 10.6. The van der Waals surface area contributed by atoms with Crippen LogP contribution in [0.5, 0.6) is 0 Å². The lowest BCUT2D eigenvalue weighted by atomic mass is 9.63. The maximum absolute atomic E-state index is 10.6. The molecule has 6 nitrogen and oxygen atoms in total. The molecule has 1 aliphatic heterocycles. The molecule has 1 aromatic rings. The lowest BCUT2D eigenvalue weighted by molar-refractivity contribution is -0.136. The molecule has 17 heavy (non-hydrogen) atoms. The van der Waals surface area contributed by atoms with Gasteiger partial charge >= 0.3 is 12.7 Å². The summed E-state index contributed by atoms with van der Waals surface area (Å²) in [5.41, 5.74) is 1.34. The average Bonchev–Trinajstić information content (AvgIpc) is 2.13. The third-order valence-electron chi connectivity index (χ3n) is 2.58.